The lowest BCUT2D eigenvalue weighted by Crippen LogP contribution is -2.32. The predicted molar refractivity (Wildman–Crippen MR) is 67.7 cm³/mol. The van der Waals surface area contributed by atoms with Gasteiger partial charge >= 0.3 is 11.8 Å². The van der Waals surface area contributed by atoms with Crippen molar-refractivity contribution in [2.75, 3.05) is 11.4 Å². The Bertz CT molecular complexity index is 641. The van der Waals surface area contributed by atoms with Crippen LogP contribution in [0.5, 0.6) is 0 Å². The van der Waals surface area contributed by atoms with E-state index in [1.54, 1.807) is 31.2 Å². The highest BCUT2D eigenvalue weighted by Gasteiger charge is 2.19. The Kier molecular flexibility index (Phi) is 3.47. The molecule has 6 nitrogen and oxygen atoms in total. The molecule has 0 aliphatic heterocycles. The highest BCUT2D eigenvalue weighted by atomic mass is 35.5. The third-order valence-electron chi connectivity index (χ3n) is 2.48. The normalized spacial score (nSPS) is 10.3. The zero-order valence-electron chi connectivity index (χ0n) is 9.51. The minimum Gasteiger partial charge on any atom is -0.330 e. The van der Waals surface area contributed by atoms with Crippen molar-refractivity contribution in [3.8, 4) is 0 Å². The Balaban J connectivity index is 2.68. The van der Waals surface area contributed by atoms with E-state index in [9.17, 15) is 9.59 Å². The SMILES string of the molecule is CCN(C(=O)OCl)c1nc(=O)[nH]c2ccccc12. The fourth-order valence-electron chi connectivity index (χ4n) is 1.70. The summed E-state index contributed by atoms with van der Waals surface area (Å²) >= 11 is 5.06. The lowest BCUT2D eigenvalue weighted by molar-refractivity contribution is 0.212. The molecule has 2 aromatic rings. The number of nitrogens with one attached hydrogen (secondary N) is 1. The summed E-state index contributed by atoms with van der Waals surface area (Å²) < 4.78 is 4.15. The summed E-state index contributed by atoms with van der Waals surface area (Å²) in [5, 5.41) is 0.640. The molecule has 2 rings (SSSR count). The van der Waals surface area contributed by atoms with Crippen LogP contribution in [0.2, 0.25) is 0 Å². The number of para-hydroxylation sites is 1. The molecule has 0 aliphatic rings. The predicted octanol–water partition coefficient (Wildman–Crippen LogP) is 2.04. The molecule has 0 saturated carbocycles. The third kappa shape index (κ3) is 2.14. The molecule has 94 valence electrons. The number of rotatable bonds is 2. The van der Waals surface area contributed by atoms with Crippen molar-refractivity contribution in [3.05, 3.63) is 34.7 Å². The largest absolute Gasteiger partial charge is 0.433 e. The van der Waals surface area contributed by atoms with Gasteiger partial charge in [-0.05, 0) is 19.1 Å². The van der Waals surface area contributed by atoms with Crippen LogP contribution in [-0.2, 0) is 4.29 Å². The van der Waals surface area contributed by atoms with Crippen LogP contribution in [0.25, 0.3) is 10.9 Å². The number of carbonyl (C=O) groups excluding carboxylic acids is 1. The van der Waals surface area contributed by atoms with Gasteiger partial charge in [0.15, 0.2) is 5.82 Å². The lowest BCUT2D eigenvalue weighted by Gasteiger charge is -2.18. The first-order chi connectivity index (χ1) is 8.67. The Labute approximate surface area is 107 Å². The van der Waals surface area contributed by atoms with Crippen molar-refractivity contribution in [2.24, 2.45) is 0 Å². The number of fused-ring (bicyclic) bond motifs is 1. The van der Waals surface area contributed by atoms with Crippen LogP contribution in [0, 0.1) is 0 Å². The first-order valence-electron chi connectivity index (χ1n) is 5.26. The Morgan fingerprint density at radius 3 is 2.89 bits per heavy atom. The molecule has 1 amide bonds. The van der Waals surface area contributed by atoms with Gasteiger partial charge in [0.05, 0.1) is 5.52 Å². The van der Waals surface area contributed by atoms with Crippen molar-refractivity contribution in [1.29, 1.82) is 0 Å². The molecule has 0 bridgehead atoms. The van der Waals surface area contributed by atoms with E-state index in [0.29, 0.717) is 10.9 Å². The molecule has 0 atom stereocenters. The van der Waals surface area contributed by atoms with Crippen LogP contribution in [0.4, 0.5) is 10.6 Å². The fourth-order valence-corrected chi connectivity index (χ4v) is 1.78. The smallest absolute Gasteiger partial charge is 0.330 e. The molecule has 7 heteroatoms. The van der Waals surface area contributed by atoms with Gasteiger partial charge in [-0.1, -0.05) is 12.1 Å². The van der Waals surface area contributed by atoms with Crippen LogP contribution in [0.15, 0.2) is 29.1 Å². The van der Waals surface area contributed by atoms with Crippen molar-refractivity contribution < 1.29 is 9.08 Å². The monoisotopic (exact) mass is 267 g/mol. The average Bonchev–Trinajstić information content (AvgIpc) is 2.39. The van der Waals surface area contributed by atoms with Gasteiger partial charge < -0.3 is 9.27 Å². The first-order valence-corrected chi connectivity index (χ1v) is 5.57. The molecule has 0 fully saturated rings. The standard InChI is InChI=1S/C11H10ClN3O3/c1-2-15(11(17)18-12)9-7-5-3-4-6-8(7)13-10(16)14-9/h3-6H,2H2,1H3,(H,13,14,16). The second kappa shape index (κ2) is 5.05. The summed E-state index contributed by atoms with van der Waals surface area (Å²) in [7, 11) is 0. The van der Waals surface area contributed by atoms with Gasteiger partial charge in [-0.2, -0.15) is 4.98 Å². The maximum absolute atomic E-state index is 11.5. The molecule has 18 heavy (non-hydrogen) atoms. The average molecular weight is 268 g/mol. The number of carbonyl (C=O) groups is 1. The highest BCUT2D eigenvalue weighted by molar-refractivity contribution is 6.15. The second-order valence-electron chi connectivity index (χ2n) is 3.50. The molecule has 0 radical (unpaired) electrons. The number of H-pyrrole nitrogens is 1. The molecular weight excluding hydrogens is 258 g/mol. The van der Waals surface area contributed by atoms with Gasteiger partial charge in [0.1, 0.15) is 11.9 Å². The Hall–Kier alpha value is -2.08. The molecular formula is C11H10ClN3O3. The quantitative estimate of drug-likeness (QED) is 0.903. The number of nitrogens with zero attached hydrogens (tertiary/aromatic N) is 2. The number of amides is 1. The van der Waals surface area contributed by atoms with E-state index in [1.165, 1.54) is 4.90 Å². The molecule has 0 spiro atoms. The Morgan fingerprint density at radius 2 is 2.22 bits per heavy atom. The number of hydrogen-bond acceptors (Lipinski definition) is 4. The minimum absolute atomic E-state index is 0.225. The van der Waals surface area contributed by atoms with E-state index in [-0.39, 0.29) is 12.4 Å². The summed E-state index contributed by atoms with van der Waals surface area (Å²) in [4.78, 5) is 30.5. The van der Waals surface area contributed by atoms with Gasteiger partial charge in [0, 0.05) is 11.9 Å². The summed E-state index contributed by atoms with van der Waals surface area (Å²) in [6.07, 6.45) is -0.776. The van der Waals surface area contributed by atoms with Crippen LogP contribution in [0.1, 0.15) is 6.92 Å². The molecule has 1 N–H and O–H groups in total. The van der Waals surface area contributed by atoms with Crippen LogP contribution in [-0.4, -0.2) is 22.6 Å². The number of anilines is 1. The maximum atomic E-state index is 11.5. The number of benzene rings is 1. The van der Waals surface area contributed by atoms with E-state index in [2.05, 4.69) is 14.3 Å². The second-order valence-corrected chi connectivity index (χ2v) is 3.65. The van der Waals surface area contributed by atoms with Crippen molar-refractivity contribution in [2.45, 2.75) is 6.92 Å². The number of aromatic amines is 1. The van der Waals surface area contributed by atoms with E-state index in [1.807, 2.05) is 0 Å². The molecule has 1 heterocycles. The van der Waals surface area contributed by atoms with E-state index in [4.69, 9.17) is 11.9 Å². The van der Waals surface area contributed by atoms with Gasteiger partial charge in [0.2, 0.25) is 0 Å². The third-order valence-corrected chi connectivity index (χ3v) is 2.61. The van der Waals surface area contributed by atoms with Gasteiger partial charge in [-0.15, -0.1) is 0 Å². The zero-order valence-corrected chi connectivity index (χ0v) is 10.3. The summed E-state index contributed by atoms with van der Waals surface area (Å²) in [6.45, 7) is 2.01. The van der Waals surface area contributed by atoms with Crippen molar-refractivity contribution >= 4 is 34.7 Å². The Morgan fingerprint density at radius 1 is 1.50 bits per heavy atom. The highest BCUT2D eigenvalue weighted by Crippen LogP contribution is 2.21. The van der Waals surface area contributed by atoms with Crippen molar-refractivity contribution in [3.63, 3.8) is 0 Å². The topological polar surface area (TPSA) is 75.3 Å². The van der Waals surface area contributed by atoms with Gasteiger partial charge in [-0.25, -0.2) is 9.59 Å². The van der Waals surface area contributed by atoms with E-state index < -0.39 is 11.8 Å². The molecule has 0 saturated heterocycles. The molecule has 1 aromatic carbocycles. The summed E-state index contributed by atoms with van der Waals surface area (Å²) in [5.41, 5.74) is 0.0536. The van der Waals surface area contributed by atoms with E-state index >= 15 is 0 Å². The van der Waals surface area contributed by atoms with Gasteiger partial charge in [0.25, 0.3) is 0 Å². The molecule has 0 aliphatic carbocycles. The fraction of sp³-hybridized carbons (Fsp3) is 0.182. The first kappa shape index (κ1) is 12.4. The van der Waals surface area contributed by atoms with Gasteiger partial charge in [-0.3, -0.25) is 4.90 Å². The van der Waals surface area contributed by atoms with Crippen LogP contribution in [0.3, 0.4) is 0 Å². The van der Waals surface area contributed by atoms with Crippen LogP contribution >= 0.6 is 11.9 Å². The molecule has 0 unspecified atom stereocenters. The van der Waals surface area contributed by atoms with Crippen LogP contribution < -0.4 is 10.6 Å². The minimum atomic E-state index is -0.776. The number of hydrogen-bond donors (Lipinski definition) is 1. The van der Waals surface area contributed by atoms with Crippen molar-refractivity contribution in [1.82, 2.24) is 9.97 Å². The molecule has 1 aromatic heterocycles. The number of aromatic nitrogens is 2. The maximum Gasteiger partial charge on any atom is 0.433 e. The number of halogens is 1. The lowest BCUT2D eigenvalue weighted by atomic mass is 10.2. The van der Waals surface area contributed by atoms with E-state index in [0.717, 1.165) is 0 Å². The summed E-state index contributed by atoms with van der Waals surface area (Å²) in [5.74, 6) is 0.225. The zero-order chi connectivity index (χ0) is 13.1. The summed E-state index contributed by atoms with van der Waals surface area (Å²) in [6, 6.07) is 7.03.